The van der Waals surface area contributed by atoms with Gasteiger partial charge < -0.3 is 15.1 Å². The first-order chi connectivity index (χ1) is 6.11. The molecule has 2 fully saturated rings. The number of hydrogen-bond acceptors (Lipinski definition) is 2. The molecule has 13 heavy (non-hydrogen) atoms. The Morgan fingerprint density at radius 1 is 1.23 bits per heavy atom. The smallest absolute Gasteiger partial charge is 0.407 e. The van der Waals surface area contributed by atoms with Crippen LogP contribution in [0.2, 0.25) is 0 Å². The number of fused-ring (bicyclic) bond motifs is 2. The van der Waals surface area contributed by atoms with Crippen molar-refractivity contribution in [2.24, 2.45) is 5.92 Å². The lowest BCUT2D eigenvalue weighted by Gasteiger charge is -2.18. The highest BCUT2D eigenvalue weighted by atomic mass is 16.4. The fraction of sp³-hybridized carbons (Fsp3) is 0.750. The summed E-state index contributed by atoms with van der Waals surface area (Å²) in [5, 5.41) is 17.6. The first kappa shape index (κ1) is 8.34. The van der Waals surface area contributed by atoms with Crippen LogP contribution in [0.4, 0.5) is 4.79 Å². The Hall–Kier alpha value is -1.26. The third kappa shape index (κ3) is 1.07. The average molecular weight is 185 g/mol. The van der Waals surface area contributed by atoms with Gasteiger partial charge in [-0.25, -0.2) is 4.79 Å². The topological polar surface area (TPSA) is 77.8 Å². The van der Waals surface area contributed by atoms with Gasteiger partial charge >= 0.3 is 12.1 Å². The summed E-state index contributed by atoms with van der Waals surface area (Å²) in [6, 6.07) is -0.330. The minimum Gasteiger partial charge on any atom is -0.481 e. The van der Waals surface area contributed by atoms with Gasteiger partial charge in [-0.3, -0.25) is 4.79 Å². The van der Waals surface area contributed by atoms with Crippen molar-refractivity contribution in [1.82, 2.24) is 4.90 Å². The van der Waals surface area contributed by atoms with Gasteiger partial charge in [0.25, 0.3) is 0 Å². The summed E-state index contributed by atoms with van der Waals surface area (Å²) in [7, 11) is 0. The zero-order chi connectivity index (χ0) is 9.59. The molecule has 3 unspecified atom stereocenters. The molecule has 0 radical (unpaired) electrons. The van der Waals surface area contributed by atoms with Crippen LogP contribution in [0.25, 0.3) is 0 Å². The van der Waals surface area contributed by atoms with E-state index in [0.29, 0.717) is 12.8 Å². The third-order valence-electron chi connectivity index (χ3n) is 3.07. The SMILES string of the molecule is O=C(O)C1CC2CCC1N2C(=O)O. The van der Waals surface area contributed by atoms with Crippen molar-refractivity contribution in [3.63, 3.8) is 0 Å². The van der Waals surface area contributed by atoms with Crippen molar-refractivity contribution in [3.8, 4) is 0 Å². The highest BCUT2D eigenvalue weighted by Gasteiger charge is 2.51. The number of amides is 1. The molecular formula is C8H11NO4. The lowest BCUT2D eigenvalue weighted by Crippen LogP contribution is -2.36. The van der Waals surface area contributed by atoms with Gasteiger partial charge in [0.2, 0.25) is 0 Å². The number of carboxylic acid groups (broad SMARTS) is 2. The Kier molecular flexibility index (Phi) is 1.68. The second-order valence-electron chi connectivity index (χ2n) is 3.67. The van der Waals surface area contributed by atoms with Crippen molar-refractivity contribution in [1.29, 1.82) is 0 Å². The van der Waals surface area contributed by atoms with E-state index in [-0.39, 0.29) is 12.1 Å². The summed E-state index contributed by atoms with van der Waals surface area (Å²) < 4.78 is 0. The Morgan fingerprint density at radius 3 is 2.31 bits per heavy atom. The third-order valence-corrected chi connectivity index (χ3v) is 3.07. The van der Waals surface area contributed by atoms with Crippen molar-refractivity contribution in [3.05, 3.63) is 0 Å². The Labute approximate surface area is 75.0 Å². The molecule has 0 aliphatic carbocycles. The van der Waals surface area contributed by atoms with Crippen LogP contribution in [0, 0.1) is 5.92 Å². The van der Waals surface area contributed by atoms with E-state index >= 15 is 0 Å². The standard InChI is InChI=1S/C8H11NO4/c10-7(11)5-3-4-1-2-6(5)9(4)8(12)13/h4-6H,1-3H2,(H,10,11)(H,12,13). The predicted octanol–water partition coefficient (Wildman–Crippen LogP) is 0.602. The lowest BCUT2D eigenvalue weighted by atomic mass is 9.89. The fourth-order valence-corrected chi connectivity index (χ4v) is 2.55. The summed E-state index contributed by atoms with van der Waals surface area (Å²) >= 11 is 0. The first-order valence-electron chi connectivity index (χ1n) is 4.35. The molecule has 2 aliphatic rings. The first-order valence-corrected chi connectivity index (χ1v) is 4.35. The van der Waals surface area contributed by atoms with Crippen molar-refractivity contribution in [2.75, 3.05) is 0 Å². The molecule has 2 bridgehead atoms. The van der Waals surface area contributed by atoms with Crippen molar-refractivity contribution in [2.45, 2.75) is 31.3 Å². The second-order valence-corrected chi connectivity index (χ2v) is 3.67. The molecule has 0 aromatic heterocycles. The minimum atomic E-state index is -0.976. The van der Waals surface area contributed by atoms with Gasteiger partial charge in [-0.15, -0.1) is 0 Å². The second kappa shape index (κ2) is 2.61. The van der Waals surface area contributed by atoms with E-state index in [9.17, 15) is 9.59 Å². The predicted molar refractivity (Wildman–Crippen MR) is 42.4 cm³/mol. The zero-order valence-electron chi connectivity index (χ0n) is 7.01. The maximum Gasteiger partial charge on any atom is 0.407 e. The molecule has 0 aromatic carbocycles. The van der Waals surface area contributed by atoms with Crippen LogP contribution in [-0.2, 0) is 4.79 Å². The molecule has 5 nitrogen and oxygen atoms in total. The van der Waals surface area contributed by atoms with E-state index in [0.717, 1.165) is 6.42 Å². The van der Waals surface area contributed by atoms with Crippen LogP contribution in [0.15, 0.2) is 0 Å². The van der Waals surface area contributed by atoms with E-state index in [1.807, 2.05) is 0 Å². The van der Waals surface area contributed by atoms with Gasteiger partial charge in [-0.05, 0) is 19.3 Å². The molecule has 0 saturated carbocycles. The van der Waals surface area contributed by atoms with E-state index in [1.165, 1.54) is 4.90 Å². The molecule has 5 heteroatoms. The molecule has 2 saturated heterocycles. The fourth-order valence-electron chi connectivity index (χ4n) is 2.55. The molecule has 2 aliphatic heterocycles. The highest BCUT2D eigenvalue weighted by molar-refractivity contribution is 5.75. The van der Waals surface area contributed by atoms with Crippen LogP contribution < -0.4 is 0 Å². The van der Waals surface area contributed by atoms with Gasteiger partial charge in [0.15, 0.2) is 0 Å². The average Bonchev–Trinajstić information content (AvgIpc) is 2.58. The summed E-state index contributed by atoms with van der Waals surface area (Å²) in [6.45, 7) is 0. The molecule has 72 valence electrons. The lowest BCUT2D eigenvalue weighted by molar-refractivity contribution is -0.142. The van der Waals surface area contributed by atoms with Gasteiger partial charge in [0.05, 0.1) is 5.92 Å². The monoisotopic (exact) mass is 185 g/mol. The summed E-state index contributed by atoms with van der Waals surface area (Å²) in [5.74, 6) is -1.34. The van der Waals surface area contributed by atoms with Gasteiger partial charge in [0.1, 0.15) is 0 Å². The summed E-state index contributed by atoms with van der Waals surface area (Å²) in [6.07, 6.45) is 1.04. The van der Waals surface area contributed by atoms with Gasteiger partial charge in [0, 0.05) is 12.1 Å². The molecule has 3 atom stereocenters. The number of carboxylic acids is 1. The Morgan fingerprint density at radius 2 is 1.92 bits per heavy atom. The quantitative estimate of drug-likeness (QED) is 0.627. The highest BCUT2D eigenvalue weighted by Crippen LogP contribution is 2.41. The van der Waals surface area contributed by atoms with Crippen LogP contribution in [-0.4, -0.2) is 39.3 Å². The number of nitrogens with zero attached hydrogens (tertiary/aromatic N) is 1. The molecule has 2 heterocycles. The van der Waals surface area contributed by atoms with Gasteiger partial charge in [-0.1, -0.05) is 0 Å². The normalized spacial score (nSPS) is 36.6. The molecular weight excluding hydrogens is 174 g/mol. The number of rotatable bonds is 1. The molecule has 2 N–H and O–H groups in total. The van der Waals surface area contributed by atoms with Crippen molar-refractivity contribution < 1.29 is 19.8 Å². The van der Waals surface area contributed by atoms with E-state index < -0.39 is 18.0 Å². The maximum absolute atomic E-state index is 10.8. The molecule has 0 aromatic rings. The van der Waals surface area contributed by atoms with E-state index in [1.54, 1.807) is 0 Å². The number of aliphatic carboxylic acids is 1. The minimum absolute atomic E-state index is 0.0522. The molecule has 1 amide bonds. The van der Waals surface area contributed by atoms with E-state index in [4.69, 9.17) is 10.2 Å². The largest absolute Gasteiger partial charge is 0.481 e. The summed E-state index contributed by atoms with van der Waals surface area (Å²) in [4.78, 5) is 22.8. The number of carbonyl (C=O) groups is 2. The van der Waals surface area contributed by atoms with Crippen LogP contribution in [0.3, 0.4) is 0 Å². The maximum atomic E-state index is 10.8. The van der Waals surface area contributed by atoms with Gasteiger partial charge in [-0.2, -0.15) is 0 Å². The number of hydrogen-bond donors (Lipinski definition) is 2. The zero-order valence-corrected chi connectivity index (χ0v) is 7.01. The van der Waals surface area contributed by atoms with Crippen molar-refractivity contribution >= 4 is 12.1 Å². The summed E-state index contributed by atoms with van der Waals surface area (Å²) in [5.41, 5.74) is 0. The molecule has 0 spiro atoms. The Balaban J connectivity index is 2.19. The van der Waals surface area contributed by atoms with Crippen LogP contribution >= 0.6 is 0 Å². The van der Waals surface area contributed by atoms with Crippen LogP contribution in [0.1, 0.15) is 19.3 Å². The molecule has 2 rings (SSSR count). The Bertz CT molecular complexity index is 265. The van der Waals surface area contributed by atoms with Crippen LogP contribution in [0.5, 0.6) is 0 Å². The van der Waals surface area contributed by atoms with E-state index in [2.05, 4.69) is 0 Å².